The lowest BCUT2D eigenvalue weighted by Gasteiger charge is -2.15. The molecule has 0 bridgehead atoms. The molecule has 0 aliphatic carbocycles. The van der Waals surface area contributed by atoms with Crippen LogP contribution in [0.3, 0.4) is 0 Å². The fourth-order valence-corrected chi connectivity index (χ4v) is 5.94. The maximum absolute atomic E-state index is 11.7. The molecule has 0 saturated carbocycles. The van der Waals surface area contributed by atoms with Crippen LogP contribution in [0.2, 0.25) is 5.02 Å². The molecule has 0 aromatic carbocycles. The Balaban J connectivity index is 2.29. The zero-order valence-corrected chi connectivity index (χ0v) is 11.0. The zero-order valence-electron chi connectivity index (χ0n) is 7.82. The highest BCUT2D eigenvalue weighted by Crippen LogP contribution is 2.41. The standard InChI is InChI=1S/C9H10Cl2O2S2/c10-6-3-4-14-9(6)8(11)7-2-1-5-15(7,12)13/h3-4,7-8H,1-2,5H2. The molecule has 2 rings (SSSR count). The van der Waals surface area contributed by atoms with Crippen LogP contribution in [0.1, 0.15) is 23.1 Å². The van der Waals surface area contributed by atoms with Gasteiger partial charge in [0.1, 0.15) is 0 Å². The second kappa shape index (κ2) is 4.24. The van der Waals surface area contributed by atoms with Crippen molar-refractivity contribution in [2.24, 2.45) is 0 Å². The lowest BCUT2D eigenvalue weighted by atomic mass is 10.2. The van der Waals surface area contributed by atoms with Gasteiger partial charge in [-0.05, 0) is 24.3 Å². The molecule has 6 heteroatoms. The summed E-state index contributed by atoms with van der Waals surface area (Å²) in [6.45, 7) is 0. The molecule has 2 nitrogen and oxygen atoms in total. The van der Waals surface area contributed by atoms with Crippen molar-refractivity contribution in [3.63, 3.8) is 0 Å². The van der Waals surface area contributed by atoms with Gasteiger partial charge >= 0.3 is 0 Å². The van der Waals surface area contributed by atoms with E-state index in [1.54, 1.807) is 6.07 Å². The van der Waals surface area contributed by atoms with E-state index < -0.39 is 20.5 Å². The third-order valence-corrected chi connectivity index (χ3v) is 7.13. The van der Waals surface area contributed by atoms with Gasteiger partial charge in [0.25, 0.3) is 0 Å². The van der Waals surface area contributed by atoms with E-state index in [-0.39, 0.29) is 5.75 Å². The molecule has 84 valence electrons. The molecule has 1 saturated heterocycles. The van der Waals surface area contributed by atoms with Crippen LogP contribution in [0.4, 0.5) is 0 Å². The molecular weight excluding hydrogens is 275 g/mol. The highest BCUT2D eigenvalue weighted by Gasteiger charge is 2.38. The van der Waals surface area contributed by atoms with E-state index in [1.165, 1.54) is 11.3 Å². The molecule has 1 aromatic heterocycles. The van der Waals surface area contributed by atoms with Crippen molar-refractivity contribution in [3.8, 4) is 0 Å². The molecule has 1 aliphatic rings. The predicted molar refractivity (Wildman–Crippen MR) is 64.7 cm³/mol. The first-order chi connectivity index (χ1) is 7.02. The average molecular weight is 285 g/mol. The molecule has 0 N–H and O–H groups in total. The Morgan fingerprint density at radius 2 is 2.27 bits per heavy atom. The van der Waals surface area contributed by atoms with Gasteiger partial charge in [-0.25, -0.2) is 8.42 Å². The molecule has 2 atom stereocenters. The first-order valence-corrected chi connectivity index (χ1v) is 8.02. The van der Waals surface area contributed by atoms with Crippen molar-refractivity contribution in [2.45, 2.75) is 23.5 Å². The molecule has 15 heavy (non-hydrogen) atoms. The van der Waals surface area contributed by atoms with Gasteiger partial charge in [0.05, 0.1) is 21.4 Å². The predicted octanol–water partition coefficient (Wildman–Crippen LogP) is 3.26. The topological polar surface area (TPSA) is 34.1 Å². The van der Waals surface area contributed by atoms with Crippen molar-refractivity contribution in [3.05, 3.63) is 21.3 Å². The largest absolute Gasteiger partial charge is 0.228 e. The summed E-state index contributed by atoms with van der Waals surface area (Å²) in [5.41, 5.74) is 0. The van der Waals surface area contributed by atoms with Gasteiger partial charge in [-0.1, -0.05) is 11.6 Å². The second-order valence-electron chi connectivity index (χ2n) is 3.58. The number of rotatable bonds is 2. The summed E-state index contributed by atoms with van der Waals surface area (Å²) in [7, 11) is -3.01. The van der Waals surface area contributed by atoms with Crippen LogP contribution in [-0.2, 0) is 9.84 Å². The SMILES string of the molecule is O=S1(=O)CCCC1C(Cl)c1sccc1Cl. The van der Waals surface area contributed by atoms with Gasteiger partial charge in [-0.15, -0.1) is 22.9 Å². The fraction of sp³-hybridized carbons (Fsp3) is 0.556. The Bertz CT molecular complexity index is 452. The van der Waals surface area contributed by atoms with E-state index >= 15 is 0 Å². The first-order valence-electron chi connectivity index (χ1n) is 4.61. The van der Waals surface area contributed by atoms with E-state index in [9.17, 15) is 8.42 Å². The zero-order chi connectivity index (χ0) is 11.1. The minimum absolute atomic E-state index is 0.254. The number of hydrogen-bond donors (Lipinski definition) is 0. The monoisotopic (exact) mass is 284 g/mol. The van der Waals surface area contributed by atoms with Gasteiger partial charge in [-0.3, -0.25) is 0 Å². The van der Waals surface area contributed by atoms with Crippen LogP contribution >= 0.6 is 34.5 Å². The van der Waals surface area contributed by atoms with Crippen LogP contribution in [0.15, 0.2) is 11.4 Å². The summed E-state index contributed by atoms with van der Waals surface area (Å²) < 4.78 is 23.4. The van der Waals surface area contributed by atoms with Crippen LogP contribution in [0.25, 0.3) is 0 Å². The van der Waals surface area contributed by atoms with Gasteiger partial charge in [-0.2, -0.15) is 0 Å². The molecule has 1 aromatic rings. The minimum atomic E-state index is -3.01. The van der Waals surface area contributed by atoms with E-state index in [4.69, 9.17) is 23.2 Å². The van der Waals surface area contributed by atoms with E-state index in [1.807, 2.05) is 5.38 Å². The molecule has 2 heterocycles. The van der Waals surface area contributed by atoms with Gasteiger partial charge in [0, 0.05) is 4.88 Å². The van der Waals surface area contributed by atoms with Crippen molar-refractivity contribution in [1.29, 1.82) is 0 Å². The van der Waals surface area contributed by atoms with E-state index in [2.05, 4.69) is 0 Å². The minimum Gasteiger partial charge on any atom is -0.228 e. The molecule has 1 fully saturated rings. The van der Waals surface area contributed by atoms with Crippen molar-refractivity contribution in [2.75, 3.05) is 5.75 Å². The summed E-state index contributed by atoms with van der Waals surface area (Å²) in [4.78, 5) is 0.772. The Morgan fingerprint density at radius 3 is 2.73 bits per heavy atom. The van der Waals surface area contributed by atoms with Crippen molar-refractivity contribution < 1.29 is 8.42 Å². The number of thiophene rings is 1. The third kappa shape index (κ3) is 2.18. The summed E-state index contributed by atoms with van der Waals surface area (Å²) in [5, 5.41) is 1.44. The Labute approximate surface area is 103 Å². The maximum atomic E-state index is 11.7. The number of halogens is 2. The van der Waals surface area contributed by atoms with E-state index in [0.29, 0.717) is 17.9 Å². The van der Waals surface area contributed by atoms with Crippen LogP contribution < -0.4 is 0 Å². The first kappa shape index (κ1) is 11.7. The summed E-state index contributed by atoms with van der Waals surface area (Å²) in [6.07, 6.45) is 1.35. The highest BCUT2D eigenvalue weighted by atomic mass is 35.5. The molecule has 0 radical (unpaired) electrons. The number of sulfone groups is 1. The van der Waals surface area contributed by atoms with Gasteiger partial charge < -0.3 is 0 Å². The van der Waals surface area contributed by atoms with Crippen LogP contribution in [0.5, 0.6) is 0 Å². The lowest BCUT2D eigenvalue weighted by molar-refractivity contribution is 0.587. The smallest absolute Gasteiger partial charge is 0.154 e. The molecular formula is C9H10Cl2O2S2. The molecule has 2 unspecified atom stereocenters. The summed E-state index contributed by atoms with van der Waals surface area (Å²) in [6, 6.07) is 1.75. The average Bonchev–Trinajstić information content (AvgIpc) is 2.70. The Morgan fingerprint density at radius 1 is 1.53 bits per heavy atom. The fourth-order valence-electron chi connectivity index (χ4n) is 1.82. The quantitative estimate of drug-likeness (QED) is 0.782. The van der Waals surface area contributed by atoms with Crippen LogP contribution in [0, 0.1) is 0 Å². The van der Waals surface area contributed by atoms with Crippen molar-refractivity contribution >= 4 is 44.4 Å². The van der Waals surface area contributed by atoms with Crippen LogP contribution in [-0.4, -0.2) is 19.4 Å². The Kier molecular flexibility index (Phi) is 3.31. The summed E-state index contributed by atoms with van der Waals surface area (Å²) in [5.74, 6) is 0.254. The van der Waals surface area contributed by atoms with E-state index in [0.717, 1.165) is 4.88 Å². The number of hydrogen-bond acceptors (Lipinski definition) is 3. The number of alkyl halides is 1. The normalized spacial score (nSPS) is 26.7. The van der Waals surface area contributed by atoms with Gasteiger partial charge in [0.2, 0.25) is 0 Å². The molecule has 0 amide bonds. The molecule has 1 aliphatic heterocycles. The second-order valence-corrected chi connectivity index (χ2v) is 7.75. The summed E-state index contributed by atoms with van der Waals surface area (Å²) >= 11 is 13.5. The highest BCUT2D eigenvalue weighted by molar-refractivity contribution is 7.92. The maximum Gasteiger partial charge on any atom is 0.154 e. The third-order valence-electron chi connectivity index (χ3n) is 2.60. The van der Waals surface area contributed by atoms with Gasteiger partial charge in [0.15, 0.2) is 9.84 Å². The van der Waals surface area contributed by atoms with Crippen molar-refractivity contribution in [1.82, 2.24) is 0 Å². The Hall–Kier alpha value is 0.230. The lowest BCUT2D eigenvalue weighted by Crippen LogP contribution is -2.20. The molecule has 0 spiro atoms.